The van der Waals surface area contributed by atoms with Crippen LogP contribution in [0.5, 0.6) is 0 Å². The lowest BCUT2D eigenvalue weighted by atomic mass is 10.1. The Balaban J connectivity index is 2.65. The molecule has 6 heteroatoms. The molecule has 0 fully saturated rings. The fourth-order valence-electron chi connectivity index (χ4n) is 1.80. The van der Waals surface area contributed by atoms with Crippen LogP contribution in [0.4, 0.5) is 0 Å². The Morgan fingerprint density at radius 1 is 1.25 bits per heavy atom. The fraction of sp³-hybridized carbons (Fsp3) is 0.357. The molecule has 0 spiro atoms. The van der Waals surface area contributed by atoms with E-state index in [1.165, 1.54) is 24.0 Å². The average Bonchev–Trinajstić information content (AvgIpc) is 2.37. The summed E-state index contributed by atoms with van der Waals surface area (Å²) >= 11 is 0. The molecular weight excluding hydrogens is 260 g/mol. The number of amides is 2. The van der Waals surface area contributed by atoms with E-state index in [0.717, 1.165) is 5.56 Å². The number of hydrogen-bond donors (Lipinski definition) is 2. The van der Waals surface area contributed by atoms with Crippen molar-refractivity contribution in [2.75, 3.05) is 7.05 Å². The minimum absolute atomic E-state index is 0.203. The maximum atomic E-state index is 12.0. The predicted octanol–water partition coefficient (Wildman–Crippen LogP) is 0.868. The summed E-state index contributed by atoms with van der Waals surface area (Å²) in [5.41, 5.74) is 1.02. The van der Waals surface area contributed by atoms with Crippen molar-refractivity contribution in [2.45, 2.75) is 26.4 Å². The maximum Gasteiger partial charge on any atom is 0.335 e. The lowest BCUT2D eigenvalue weighted by molar-refractivity contribution is -0.134. The first-order valence-electron chi connectivity index (χ1n) is 6.15. The third-order valence-electron chi connectivity index (χ3n) is 2.79. The van der Waals surface area contributed by atoms with Gasteiger partial charge >= 0.3 is 5.97 Å². The maximum absolute atomic E-state index is 12.0. The molecule has 0 heterocycles. The quantitative estimate of drug-likeness (QED) is 0.836. The molecule has 108 valence electrons. The Labute approximate surface area is 117 Å². The van der Waals surface area contributed by atoms with Crippen molar-refractivity contribution in [3.05, 3.63) is 35.4 Å². The number of carboxylic acid groups (broad SMARTS) is 1. The number of carbonyl (C=O) groups excluding carboxylic acids is 2. The van der Waals surface area contributed by atoms with Crippen molar-refractivity contribution in [2.24, 2.45) is 0 Å². The van der Waals surface area contributed by atoms with E-state index in [0.29, 0.717) is 6.54 Å². The first-order valence-corrected chi connectivity index (χ1v) is 6.15. The molecule has 1 unspecified atom stereocenters. The molecule has 1 aromatic carbocycles. The number of hydrogen-bond acceptors (Lipinski definition) is 3. The van der Waals surface area contributed by atoms with Crippen LogP contribution in [-0.2, 0) is 16.1 Å². The molecule has 2 amide bonds. The van der Waals surface area contributed by atoms with Crippen LogP contribution in [0, 0.1) is 0 Å². The van der Waals surface area contributed by atoms with Gasteiger partial charge in [0, 0.05) is 20.5 Å². The van der Waals surface area contributed by atoms with Gasteiger partial charge in [-0.25, -0.2) is 4.79 Å². The number of carbonyl (C=O) groups is 3. The van der Waals surface area contributed by atoms with Crippen LogP contribution < -0.4 is 5.32 Å². The highest BCUT2D eigenvalue weighted by molar-refractivity contribution is 5.88. The zero-order valence-electron chi connectivity index (χ0n) is 11.7. The summed E-state index contributed by atoms with van der Waals surface area (Å²) in [6.45, 7) is 3.32. The minimum Gasteiger partial charge on any atom is -0.478 e. The highest BCUT2D eigenvalue weighted by Gasteiger charge is 2.18. The van der Waals surface area contributed by atoms with E-state index in [4.69, 9.17) is 5.11 Å². The van der Waals surface area contributed by atoms with Gasteiger partial charge in [0.25, 0.3) is 0 Å². The predicted molar refractivity (Wildman–Crippen MR) is 73.2 cm³/mol. The van der Waals surface area contributed by atoms with Gasteiger partial charge in [-0.15, -0.1) is 0 Å². The SMILES string of the molecule is CC(=O)NC(C)C(=O)N(C)Cc1ccc(C(=O)O)cc1. The summed E-state index contributed by atoms with van der Waals surface area (Å²) in [6.07, 6.45) is 0. The molecule has 0 aromatic heterocycles. The van der Waals surface area contributed by atoms with Crippen LogP contribution in [0.2, 0.25) is 0 Å². The first kappa shape index (κ1) is 15.7. The topological polar surface area (TPSA) is 86.7 Å². The van der Waals surface area contributed by atoms with Gasteiger partial charge in [-0.05, 0) is 24.6 Å². The van der Waals surface area contributed by atoms with Crippen LogP contribution in [0.15, 0.2) is 24.3 Å². The van der Waals surface area contributed by atoms with E-state index in [1.54, 1.807) is 26.1 Å². The Morgan fingerprint density at radius 3 is 2.25 bits per heavy atom. The summed E-state index contributed by atoms with van der Waals surface area (Å²) in [5.74, 6) is -1.45. The summed E-state index contributed by atoms with van der Waals surface area (Å²) in [5, 5.41) is 11.3. The Morgan fingerprint density at radius 2 is 1.80 bits per heavy atom. The summed E-state index contributed by atoms with van der Waals surface area (Å²) < 4.78 is 0. The molecule has 2 N–H and O–H groups in total. The monoisotopic (exact) mass is 278 g/mol. The number of likely N-dealkylation sites (N-methyl/N-ethyl adjacent to an activating group) is 1. The lowest BCUT2D eigenvalue weighted by Crippen LogP contribution is -2.44. The highest BCUT2D eigenvalue weighted by atomic mass is 16.4. The zero-order valence-corrected chi connectivity index (χ0v) is 11.7. The second-order valence-electron chi connectivity index (χ2n) is 4.62. The first-order chi connectivity index (χ1) is 9.31. The van der Waals surface area contributed by atoms with Crippen molar-refractivity contribution in [3.8, 4) is 0 Å². The van der Waals surface area contributed by atoms with Gasteiger partial charge in [0.15, 0.2) is 0 Å². The van der Waals surface area contributed by atoms with Crippen LogP contribution in [0.1, 0.15) is 29.8 Å². The van der Waals surface area contributed by atoms with Gasteiger partial charge in [-0.2, -0.15) is 0 Å². The van der Waals surface area contributed by atoms with Gasteiger partial charge < -0.3 is 15.3 Å². The molecule has 0 radical (unpaired) electrons. The molecule has 1 atom stereocenters. The van der Waals surface area contributed by atoms with E-state index in [-0.39, 0.29) is 17.4 Å². The molecule has 0 saturated heterocycles. The van der Waals surface area contributed by atoms with Gasteiger partial charge in [0.2, 0.25) is 11.8 Å². The third kappa shape index (κ3) is 4.38. The normalized spacial score (nSPS) is 11.6. The Hall–Kier alpha value is -2.37. The molecule has 1 rings (SSSR count). The number of nitrogens with one attached hydrogen (secondary N) is 1. The van der Waals surface area contributed by atoms with Crippen molar-refractivity contribution in [1.82, 2.24) is 10.2 Å². The van der Waals surface area contributed by atoms with Gasteiger partial charge in [0.05, 0.1) is 5.56 Å². The van der Waals surface area contributed by atoms with E-state index in [2.05, 4.69) is 5.32 Å². The summed E-state index contributed by atoms with van der Waals surface area (Å²) in [7, 11) is 1.63. The molecule has 0 aliphatic rings. The lowest BCUT2D eigenvalue weighted by Gasteiger charge is -2.21. The van der Waals surface area contributed by atoms with Crippen molar-refractivity contribution in [3.63, 3.8) is 0 Å². The molecule has 1 aromatic rings. The van der Waals surface area contributed by atoms with Crippen molar-refractivity contribution in [1.29, 1.82) is 0 Å². The smallest absolute Gasteiger partial charge is 0.335 e. The molecule has 0 aliphatic heterocycles. The van der Waals surface area contributed by atoms with Crippen LogP contribution in [0.25, 0.3) is 0 Å². The second kappa shape index (κ2) is 6.70. The van der Waals surface area contributed by atoms with Crippen LogP contribution in [-0.4, -0.2) is 40.9 Å². The van der Waals surface area contributed by atoms with Crippen molar-refractivity contribution < 1.29 is 19.5 Å². The zero-order chi connectivity index (χ0) is 15.3. The van der Waals surface area contributed by atoms with E-state index in [1.807, 2.05) is 0 Å². The fourth-order valence-corrected chi connectivity index (χ4v) is 1.80. The number of benzene rings is 1. The Kier molecular flexibility index (Phi) is 5.25. The highest BCUT2D eigenvalue weighted by Crippen LogP contribution is 2.07. The van der Waals surface area contributed by atoms with Gasteiger partial charge in [-0.1, -0.05) is 12.1 Å². The molecule has 0 bridgehead atoms. The Bertz CT molecular complexity index is 510. The largest absolute Gasteiger partial charge is 0.478 e. The molecular formula is C14H18N2O4. The van der Waals surface area contributed by atoms with E-state index >= 15 is 0 Å². The molecule has 0 aliphatic carbocycles. The summed E-state index contributed by atoms with van der Waals surface area (Å²) in [4.78, 5) is 35.1. The number of rotatable bonds is 5. The third-order valence-corrected chi connectivity index (χ3v) is 2.79. The molecule has 0 saturated carbocycles. The van der Waals surface area contributed by atoms with Crippen LogP contribution in [0.3, 0.4) is 0 Å². The summed E-state index contributed by atoms with van der Waals surface area (Å²) in [6, 6.07) is 5.73. The average molecular weight is 278 g/mol. The standard InChI is InChI=1S/C14H18N2O4/c1-9(15-10(2)17)13(18)16(3)8-11-4-6-12(7-5-11)14(19)20/h4-7,9H,8H2,1-3H3,(H,15,17)(H,19,20). The minimum atomic E-state index is -0.986. The van der Waals surface area contributed by atoms with E-state index in [9.17, 15) is 14.4 Å². The second-order valence-corrected chi connectivity index (χ2v) is 4.62. The van der Waals surface area contributed by atoms with Gasteiger partial charge in [0.1, 0.15) is 6.04 Å². The number of carboxylic acids is 1. The molecule has 20 heavy (non-hydrogen) atoms. The van der Waals surface area contributed by atoms with Gasteiger partial charge in [-0.3, -0.25) is 9.59 Å². The van der Waals surface area contributed by atoms with Crippen molar-refractivity contribution >= 4 is 17.8 Å². The number of nitrogens with zero attached hydrogens (tertiary/aromatic N) is 1. The molecule has 6 nitrogen and oxygen atoms in total. The van der Waals surface area contributed by atoms with Crippen LogP contribution >= 0.6 is 0 Å². The number of aromatic carboxylic acids is 1. The van der Waals surface area contributed by atoms with E-state index < -0.39 is 12.0 Å².